The van der Waals surface area contributed by atoms with E-state index in [0.717, 1.165) is 0 Å². The van der Waals surface area contributed by atoms with E-state index in [1.165, 1.54) is 18.2 Å². The number of hydrazone groups is 1. The Kier molecular flexibility index (Phi) is 7.03. The predicted octanol–water partition coefficient (Wildman–Crippen LogP) is 3.71. The summed E-state index contributed by atoms with van der Waals surface area (Å²) in [6.45, 7) is 0. The van der Waals surface area contributed by atoms with Crippen molar-refractivity contribution in [3.05, 3.63) is 46.4 Å². The van der Waals surface area contributed by atoms with Crippen LogP contribution >= 0.6 is 23.2 Å². The average Bonchev–Trinajstić information content (AvgIpc) is 2.65. The number of nitriles is 1. The minimum Gasteiger partial charge on any atom is -0.497 e. The van der Waals surface area contributed by atoms with Gasteiger partial charge in [0, 0.05) is 0 Å². The quantitative estimate of drug-likeness (QED) is 0.313. The molecule has 0 spiro atoms. The number of amides is 1. The van der Waals surface area contributed by atoms with Crippen LogP contribution in [0, 0.1) is 11.3 Å². The lowest BCUT2D eigenvalue weighted by molar-refractivity contribution is -0.129. The smallest absolute Gasteiger partial charge is 0.412 e. The second-order valence-corrected chi connectivity index (χ2v) is 5.75. The molecule has 0 aliphatic rings. The Bertz CT molecular complexity index is 947. The zero-order chi connectivity index (χ0) is 20.7. The topological polar surface area (TPSA) is 136 Å². The fraction of sp³-hybridized carbons (Fsp3) is 0.0588. The van der Waals surface area contributed by atoms with Gasteiger partial charge in [-0.05, 0) is 36.4 Å². The van der Waals surface area contributed by atoms with E-state index in [1.807, 2.05) is 0 Å². The zero-order valence-corrected chi connectivity index (χ0v) is 15.7. The lowest BCUT2D eigenvalue weighted by Gasteiger charge is -2.12. The van der Waals surface area contributed by atoms with E-state index in [0.29, 0.717) is 11.5 Å². The Balaban J connectivity index is 2.18. The van der Waals surface area contributed by atoms with E-state index in [1.54, 1.807) is 31.4 Å². The molecule has 9 nitrogen and oxygen atoms in total. The molecule has 2 aromatic rings. The third-order valence-electron chi connectivity index (χ3n) is 3.07. The zero-order valence-electron chi connectivity index (χ0n) is 14.2. The van der Waals surface area contributed by atoms with Gasteiger partial charge in [0.15, 0.2) is 5.75 Å². The van der Waals surface area contributed by atoms with Crippen molar-refractivity contribution in [3.63, 3.8) is 0 Å². The minimum atomic E-state index is -1.36. The Morgan fingerprint density at radius 3 is 2.21 bits per heavy atom. The molecular weight excluding hydrogens is 411 g/mol. The number of rotatable bonds is 6. The van der Waals surface area contributed by atoms with E-state index in [-0.39, 0.29) is 21.5 Å². The molecule has 0 atom stereocenters. The van der Waals surface area contributed by atoms with Gasteiger partial charge < -0.3 is 19.9 Å². The van der Waals surface area contributed by atoms with Crippen LogP contribution in [0.15, 0.2) is 41.5 Å². The molecule has 0 bridgehead atoms. The summed E-state index contributed by atoms with van der Waals surface area (Å²) in [5.74, 6) is 0.0187. The molecule has 11 heteroatoms. The van der Waals surface area contributed by atoms with Crippen LogP contribution in [-0.4, -0.2) is 24.9 Å². The molecule has 0 radical (unpaired) electrons. The number of halogens is 2. The number of methoxy groups -OCH3 is 1. The van der Waals surface area contributed by atoms with E-state index in [4.69, 9.17) is 43.7 Å². The third-order valence-corrected chi connectivity index (χ3v) is 3.63. The van der Waals surface area contributed by atoms with Crippen molar-refractivity contribution >= 4 is 46.7 Å². The van der Waals surface area contributed by atoms with Gasteiger partial charge in [0.05, 0.1) is 22.8 Å². The van der Waals surface area contributed by atoms with Crippen molar-refractivity contribution in [3.8, 4) is 23.3 Å². The number of carbonyl (C=O) groups is 2. The molecule has 2 rings (SSSR count). The van der Waals surface area contributed by atoms with Crippen molar-refractivity contribution in [1.82, 2.24) is 0 Å². The first-order valence-electron chi connectivity index (χ1n) is 7.40. The lowest BCUT2D eigenvalue weighted by atomic mass is 10.3. The molecule has 0 unspecified atom stereocenters. The van der Waals surface area contributed by atoms with Crippen molar-refractivity contribution < 1.29 is 23.8 Å². The van der Waals surface area contributed by atoms with Gasteiger partial charge in [-0.25, -0.2) is 9.59 Å². The number of esters is 1. The lowest BCUT2D eigenvalue weighted by Crippen LogP contribution is -2.24. The van der Waals surface area contributed by atoms with E-state index in [9.17, 15) is 9.59 Å². The number of ether oxygens (including phenoxy) is 3. The van der Waals surface area contributed by atoms with Gasteiger partial charge >= 0.3 is 12.1 Å². The van der Waals surface area contributed by atoms with Crippen molar-refractivity contribution in [2.24, 2.45) is 10.8 Å². The molecular formula is C17H12Cl2N4O5. The summed E-state index contributed by atoms with van der Waals surface area (Å²) >= 11 is 12.4. The molecule has 0 saturated carbocycles. The van der Waals surface area contributed by atoms with Gasteiger partial charge in [-0.1, -0.05) is 23.2 Å². The fourth-order valence-electron chi connectivity index (χ4n) is 1.86. The minimum absolute atomic E-state index is 0.138. The van der Waals surface area contributed by atoms with E-state index in [2.05, 4.69) is 15.3 Å². The monoisotopic (exact) mass is 422 g/mol. The Hall–Kier alpha value is -3.48. The second kappa shape index (κ2) is 9.45. The molecule has 28 heavy (non-hydrogen) atoms. The van der Waals surface area contributed by atoms with Crippen molar-refractivity contribution in [2.75, 3.05) is 12.5 Å². The molecule has 1 amide bonds. The maximum atomic E-state index is 11.4. The highest BCUT2D eigenvalue weighted by Gasteiger charge is 2.16. The average molecular weight is 423 g/mol. The second-order valence-electron chi connectivity index (χ2n) is 4.94. The summed E-state index contributed by atoms with van der Waals surface area (Å²) in [5.41, 5.74) is 6.63. The van der Waals surface area contributed by atoms with E-state index < -0.39 is 17.8 Å². The highest BCUT2D eigenvalue weighted by molar-refractivity contribution is 6.44. The van der Waals surface area contributed by atoms with E-state index >= 15 is 0 Å². The molecule has 0 aliphatic heterocycles. The van der Waals surface area contributed by atoms with Crippen LogP contribution < -0.4 is 20.6 Å². The number of carbonyl (C=O) groups excluding carboxylic acids is 2. The first kappa shape index (κ1) is 20.8. The highest BCUT2D eigenvalue weighted by Crippen LogP contribution is 2.39. The van der Waals surface area contributed by atoms with Crippen molar-refractivity contribution in [1.29, 1.82) is 5.26 Å². The SMILES string of the molecule is COc1ccc(Oc2c(Cl)cc(NN=C(C#N)C(=O)OC(N)=O)cc2Cl)cc1. The van der Waals surface area contributed by atoms with Crippen LogP contribution in [0.4, 0.5) is 10.5 Å². The predicted molar refractivity (Wildman–Crippen MR) is 102 cm³/mol. The highest BCUT2D eigenvalue weighted by atomic mass is 35.5. The molecule has 144 valence electrons. The Morgan fingerprint density at radius 2 is 1.71 bits per heavy atom. The molecule has 2 aromatic carbocycles. The Labute approximate surface area is 169 Å². The first-order chi connectivity index (χ1) is 13.3. The van der Waals surface area contributed by atoms with Gasteiger partial charge in [0.1, 0.15) is 17.6 Å². The fourth-order valence-corrected chi connectivity index (χ4v) is 2.42. The summed E-state index contributed by atoms with van der Waals surface area (Å²) in [6, 6.07) is 11.0. The standard InChI is InChI=1S/C17H12Cl2N4O5/c1-26-10-2-4-11(5-3-10)27-15-12(18)6-9(7-13(15)19)22-23-14(8-20)16(24)28-17(21)25/h2-7,22H,1H3,(H2,21,25). The van der Waals surface area contributed by atoms with Gasteiger partial charge in [-0.2, -0.15) is 10.4 Å². The summed E-state index contributed by atoms with van der Waals surface area (Å²) < 4.78 is 14.8. The van der Waals surface area contributed by atoms with Crippen LogP contribution in [0.5, 0.6) is 17.2 Å². The van der Waals surface area contributed by atoms with Crippen LogP contribution in [0.1, 0.15) is 0 Å². The largest absolute Gasteiger partial charge is 0.497 e. The van der Waals surface area contributed by atoms with Gasteiger partial charge in [-0.3, -0.25) is 5.43 Å². The number of primary amides is 1. The van der Waals surface area contributed by atoms with Crippen molar-refractivity contribution in [2.45, 2.75) is 0 Å². The van der Waals surface area contributed by atoms with Gasteiger partial charge in [0.2, 0.25) is 5.71 Å². The maximum Gasteiger partial charge on any atom is 0.412 e. The third kappa shape index (κ3) is 5.51. The molecule has 3 N–H and O–H groups in total. The molecule has 0 aromatic heterocycles. The molecule has 0 aliphatic carbocycles. The molecule has 0 fully saturated rings. The van der Waals surface area contributed by atoms with Gasteiger partial charge in [0.25, 0.3) is 0 Å². The first-order valence-corrected chi connectivity index (χ1v) is 8.16. The summed E-state index contributed by atoms with van der Waals surface area (Å²) in [7, 11) is 1.54. The number of nitrogens with zero attached hydrogens (tertiary/aromatic N) is 2. The number of nitrogens with two attached hydrogens (primary N) is 1. The molecule has 0 saturated heterocycles. The van der Waals surface area contributed by atoms with Crippen LogP contribution in [-0.2, 0) is 9.53 Å². The number of hydrogen-bond acceptors (Lipinski definition) is 8. The molecule has 0 heterocycles. The maximum absolute atomic E-state index is 11.4. The summed E-state index contributed by atoms with van der Waals surface area (Å²) in [5, 5.41) is 12.7. The number of anilines is 1. The normalized spacial score (nSPS) is 10.6. The number of benzene rings is 2. The van der Waals surface area contributed by atoms with Crippen LogP contribution in [0.3, 0.4) is 0 Å². The van der Waals surface area contributed by atoms with Crippen LogP contribution in [0.2, 0.25) is 10.0 Å². The Morgan fingerprint density at radius 1 is 1.14 bits per heavy atom. The van der Waals surface area contributed by atoms with Crippen LogP contribution in [0.25, 0.3) is 0 Å². The number of nitrogens with one attached hydrogen (secondary N) is 1. The summed E-state index contributed by atoms with van der Waals surface area (Å²) in [4.78, 5) is 22.0. The summed E-state index contributed by atoms with van der Waals surface area (Å²) in [6.07, 6.45) is -1.36. The van der Waals surface area contributed by atoms with Gasteiger partial charge in [-0.15, -0.1) is 0 Å². The number of hydrogen-bond donors (Lipinski definition) is 2.